The van der Waals surface area contributed by atoms with Gasteiger partial charge in [0.2, 0.25) is 0 Å². The average molecular weight is 355 g/mol. The Morgan fingerprint density at radius 1 is 1.20 bits per heavy atom. The van der Waals surface area contributed by atoms with E-state index in [2.05, 4.69) is 34.4 Å². The van der Waals surface area contributed by atoms with E-state index in [0.717, 1.165) is 64.2 Å². The smallest absolute Gasteiger partial charge is 0.191 e. The molecule has 0 aromatic carbocycles. The number of hydrogen-bond acceptors (Lipinski definition) is 4. The van der Waals surface area contributed by atoms with Gasteiger partial charge in [-0.1, -0.05) is 6.92 Å². The molecule has 2 heterocycles. The predicted molar refractivity (Wildman–Crippen MR) is 103 cm³/mol. The maximum absolute atomic E-state index is 5.78. The Hall–Kier alpha value is -0.850. The van der Waals surface area contributed by atoms with Crippen LogP contribution in [0.5, 0.6) is 0 Å². The van der Waals surface area contributed by atoms with Crippen molar-refractivity contribution < 1.29 is 9.47 Å². The first-order valence-corrected chi connectivity index (χ1v) is 10.3. The summed E-state index contributed by atoms with van der Waals surface area (Å²) in [5.41, 5.74) is 0. The van der Waals surface area contributed by atoms with E-state index in [-0.39, 0.29) is 0 Å². The number of rotatable bonds is 10. The number of guanidine groups is 1. The van der Waals surface area contributed by atoms with Crippen LogP contribution in [0.25, 0.3) is 0 Å². The average Bonchev–Trinajstić information content (AvgIpc) is 3.15. The zero-order valence-electron chi connectivity index (χ0n) is 16.3. The lowest BCUT2D eigenvalue weighted by atomic mass is 9.93. The van der Waals surface area contributed by atoms with Crippen molar-refractivity contribution in [1.82, 2.24) is 15.5 Å². The highest BCUT2D eigenvalue weighted by Gasteiger charge is 2.17. The van der Waals surface area contributed by atoms with Crippen LogP contribution in [0.3, 0.4) is 0 Å². The van der Waals surface area contributed by atoms with E-state index >= 15 is 0 Å². The molecule has 2 aliphatic rings. The van der Waals surface area contributed by atoms with Crippen molar-refractivity contribution in [2.24, 2.45) is 10.9 Å². The van der Waals surface area contributed by atoms with Gasteiger partial charge in [-0.05, 0) is 64.6 Å². The molecule has 6 nitrogen and oxygen atoms in total. The van der Waals surface area contributed by atoms with Crippen LogP contribution in [0.4, 0.5) is 0 Å². The van der Waals surface area contributed by atoms with Crippen molar-refractivity contribution in [1.29, 1.82) is 0 Å². The third-order valence-electron chi connectivity index (χ3n) is 5.16. The van der Waals surface area contributed by atoms with Gasteiger partial charge in [0, 0.05) is 32.8 Å². The SMILES string of the molecule is CCNC(=NCCCOC1CCOC1)NCCC1CCN(CC)CC1. The quantitative estimate of drug-likeness (QED) is 0.356. The first-order chi connectivity index (χ1) is 12.3. The molecule has 1 atom stereocenters. The third kappa shape index (κ3) is 8.38. The highest BCUT2D eigenvalue weighted by atomic mass is 16.5. The van der Waals surface area contributed by atoms with Crippen LogP contribution >= 0.6 is 0 Å². The lowest BCUT2D eigenvalue weighted by Gasteiger charge is -2.31. The van der Waals surface area contributed by atoms with Gasteiger partial charge in [-0.25, -0.2) is 0 Å². The molecule has 2 aliphatic heterocycles. The van der Waals surface area contributed by atoms with Gasteiger partial charge >= 0.3 is 0 Å². The van der Waals surface area contributed by atoms with Crippen molar-refractivity contribution in [3.05, 3.63) is 0 Å². The minimum atomic E-state index is 0.300. The predicted octanol–water partition coefficient (Wildman–Crippen LogP) is 1.86. The Morgan fingerprint density at radius 2 is 2.04 bits per heavy atom. The van der Waals surface area contributed by atoms with Crippen molar-refractivity contribution >= 4 is 5.96 Å². The van der Waals surface area contributed by atoms with Gasteiger partial charge in [0.25, 0.3) is 0 Å². The number of ether oxygens (including phenoxy) is 2. The molecule has 0 aliphatic carbocycles. The molecule has 146 valence electrons. The topological polar surface area (TPSA) is 58.1 Å². The lowest BCUT2D eigenvalue weighted by molar-refractivity contribution is 0.0424. The summed E-state index contributed by atoms with van der Waals surface area (Å²) in [5, 5.41) is 6.83. The Kier molecular flexibility index (Phi) is 10.2. The molecule has 0 spiro atoms. The fourth-order valence-electron chi connectivity index (χ4n) is 3.48. The fourth-order valence-corrected chi connectivity index (χ4v) is 3.48. The molecule has 2 saturated heterocycles. The van der Waals surface area contributed by atoms with Crippen LogP contribution in [0.2, 0.25) is 0 Å². The van der Waals surface area contributed by atoms with Gasteiger partial charge in [-0.3, -0.25) is 4.99 Å². The van der Waals surface area contributed by atoms with Gasteiger partial charge in [0.05, 0.1) is 12.7 Å². The Labute approximate surface area is 153 Å². The Morgan fingerprint density at radius 3 is 2.72 bits per heavy atom. The van der Waals surface area contributed by atoms with Gasteiger partial charge < -0.3 is 25.0 Å². The fraction of sp³-hybridized carbons (Fsp3) is 0.947. The summed E-state index contributed by atoms with van der Waals surface area (Å²) < 4.78 is 11.1. The van der Waals surface area contributed by atoms with E-state index in [9.17, 15) is 0 Å². The van der Waals surface area contributed by atoms with Gasteiger partial charge in [-0.15, -0.1) is 0 Å². The second kappa shape index (κ2) is 12.5. The van der Waals surface area contributed by atoms with Crippen LogP contribution in [0.1, 0.15) is 46.0 Å². The van der Waals surface area contributed by atoms with Crippen LogP contribution < -0.4 is 10.6 Å². The molecule has 25 heavy (non-hydrogen) atoms. The van der Waals surface area contributed by atoms with Crippen LogP contribution in [0.15, 0.2) is 4.99 Å². The zero-order valence-corrected chi connectivity index (χ0v) is 16.3. The maximum Gasteiger partial charge on any atom is 0.191 e. The minimum absolute atomic E-state index is 0.300. The van der Waals surface area contributed by atoms with Gasteiger partial charge in [0.1, 0.15) is 0 Å². The summed E-state index contributed by atoms with van der Waals surface area (Å²) in [6.07, 6.45) is 6.21. The summed E-state index contributed by atoms with van der Waals surface area (Å²) in [7, 11) is 0. The Bertz CT molecular complexity index is 364. The second-order valence-electron chi connectivity index (χ2n) is 7.06. The molecular formula is C19H38N4O2. The molecule has 1 unspecified atom stereocenters. The summed E-state index contributed by atoms with van der Waals surface area (Å²) in [6.45, 7) is 13.2. The summed E-state index contributed by atoms with van der Waals surface area (Å²) in [6, 6.07) is 0. The number of nitrogens with zero attached hydrogens (tertiary/aromatic N) is 2. The largest absolute Gasteiger partial charge is 0.379 e. The molecule has 2 fully saturated rings. The first kappa shape index (κ1) is 20.5. The minimum Gasteiger partial charge on any atom is -0.379 e. The normalized spacial score (nSPS) is 23.1. The number of nitrogens with one attached hydrogen (secondary N) is 2. The number of aliphatic imine (C=N–C) groups is 1. The van der Waals surface area contributed by atoms with Gasteiger partial charge in [0.15, 0.2) is 5.96 Å². The lowest BCUT2D eigenvalue weighted by Crippen LogP contribution is -2.39. The third-order valence-corrected chi connectivity index (χ3v) is 5.16. The summed E-state index contributed by atoms with van der Waals surface area (Å²) in [4.78, 5) is 7.21. The van der Waals surface area contributed by atoms with Crippen molar-refractivity contribution in [3.8, 4) is 0 Å². The van der Waals surface area contributed by atoms with Crippen LogP contribution in [-0.2, 0) is 9.47 Å². The molecule has 2 N–H and O–H groups in total. The van der Waals surface area contributed by atoms with E-state index in [1.165, 1.54) is 38.9 Å². The molecule has 0 radical (unpaired) electrons. The van der Waals surface area contributed by atoms with E-state index in [1.54, 1.807) is 0 Å². The highest BCUT2D eigenvalue weighted by Crippen LogP contribution is 2.19. The second-order valence-corrected chi connectivity index (χ2v) is 7.06. The van der Waals surface area contributed by atoms with E-state index in [0.29, 0.717) is 6.10 Å². The van der Waals surface area contributed by atoms with Crippen LogP contribution in [0, 0.1) is 5.92 Å². The summed E-state index contributed by atoms with van der Waals surface area (Å²) in [5.74, 6) is 1.80. The molecule has 0 saturated carbocycles. The highest BCUT2D eigenvalue weighted by molar-refractivity contribution is 5.79. The van der Waals surface area contributed by atoms with Crippen molar-refractivity contribution in [3.63, 3.8) is 0 Å². The van der Waals surface area contributed by atoms with Crippen LogP contribution in [-0.4, -0.2) is 76.1 Å². The standard InChI is InChI=1S/C19H38N4O2/c1-3-20-19(21-10-5-14-25-18-9-15-24-16-18)22-11-6-17-7-12-23(4-2)13-8-17/h17-18H,3-16H2,1-2H3,(H2,20,21,22). The summed E-state index contributed by atoms with van der Waals surface area (Å²) >= 11 is 0. The van der Waals surface area contributed by atoms with E-state index in [4.69, 9.17) is 9.47 Å². The number of likely N-dealkylation sites (tertiary alicyclic amines) is 1. The Balaban J connectivity index is 1.55. The zero-order chi connectivity index (χ0) is 17.7. The molecule has 0 aromatic heterocycles. The first-order valence-electron chi connectivity index (χ1n) is 10.3. The maximum atomic E-state index is 5.78. The van der Waals surface area contributed by atoms with Gasteiger partial charge in [-0.2, -0.15) is 0 Å². The van der Waals surface area contributed by atoms with E-state index in [1.807, 2.05) is 0 Å². The van der Waals surface area contributed by atoms with Crippen molar-refractivity contribution in [2.45, 2.75) is 52.1 Å². The molecule has 0 bridgehead atoms. The molecule has 0 aromatic rings. The number of hydrogen-bond donors (Lipinski definition) is 2. The monoisotopic (exact) mass is 354 g/mol. The number of piperidine rings is 1. The molecule has 0 amide bonds. The molecule has 2 rings (SSSR count). The van der Waals surface area contributed by atoms with Crippen molar-refractivity contribution in [2.75, 3.05) is 59.1 Å². The molecular weight excluding hydrogens is 316 g/mol. The van der Waals surface area contributed by atoms with E-state index < -0.39 is 0 Å². The molecule has 6 heteroatoms.